The summed E-state index contributed by atoms with van der Waals surface area (Å²) < 4.78 is 30.8. The third-order valence-electron chi connectivity index (χ3n) is 14.3. The van der Waals surface area contributed by atoms with E-state index in [0.29, 0.717) is 75.5 Å². The molecule has 3 aliphatic heterocycles. The van der Waals surface area contributed by atoms with Crippen molar-refractivity contribution >= 4 is 23.4 Å². The van der Waals surface area contributed by atoms with Crippen molar-refractivity contribution in [1.29, 1.82) is 0 Å². The van der Waals surface area contributed by atoms with E-state index in [9.17, 15) is 39.7 Å². The van der Waals surface area contributed by atoms with Gasteiger partial charge >= 0.3 is 5.97 Å². The molecule has 2 bridgehead atoms. The molecule has 1 amide bonds. The number of nitrogens with zero attached hydrogens (tertiary/aromatic N) is 2. The zero-order chi connectivity index (χ0) is 46.9. The van der Waals surface area contributed by atoms with Crippen LogP contribution in [0, 0.1) is 34.8 Å². The number of methoxy groups -OCH3 is 3. The van der Waals surface area contributed by atoms with Gasteiger partial charge in [0.1, 0.15) is 24.0 Å². The van der Waals surface area contributed by atoms with Crippen LogP contribution < -0.4 is 4.73 Å². The summed E-state index contributed by atoms with van der Waals surface area (Å²) in [6.07, 6.45) is 5.27. The van der Waals surface area contributed by atoms with Gasteiger partial charge in [-0.05, 0) is 102 Å². The first-order chi connectivity index (χ1) is 30.4. The topological polar surface area (TPSA) is 205 Å². The number of aliphatic hydroxyl groups is 3. The summed E-state index contributed by atoms with van der Waals surface area (Å²) >= 11 is 0. The number of aliphatic hydroxyl groups excluding tert-OH is 2. The van der Waals surface area contributed by atoms with Crippen LogP contribution in [0.4, 0.5) is 0 Å². The zero-order valence-corrected chi connectivity index (χ0v) is 39.2. The van der Waals surface area contributed by atoms with E-state index in [2.05, 4.69) is 0 Å². The number of aryl methyl sites for hydroxylation is 1. The van der Waals surface area contributed by atoms with E-state index in [0.717, 1.165) is 10.3 Å². The lowest BCUT2D eigenvalue weighted by Gasteiger charge is -2.47. The molecule has 4 aliphatic rings. The van der Waals surface area contributed by atoms with Gasteiger partial charge in [0.2, 0.25) is 5.79 Å². The number of rotatable bonds is 9. The molecule has 3 fully saturated rings. The molecule has 5 rings (SSSR count). The summed E-state index contributed by atoms with van der Waals surface area (Å²) in [5.74, 6) is -8.05. The van der Waals surface area contributed by atoms with Crippen LogP contribution in [0.2, 0.25) is 0 Å². The van der Waals surface area contributed by atoms with Gasteiger partial charge in [-0.1, -0.05) is 44.6 Å². The Morgan fingerprint density at radius 3 is 2.33 bits per heavy atom. The summed E-state index contributed by atoms with van der Waals surface area (Å²) in [6.45, 7) is 9.21. The van der Waals surface area contributed by atoms with Crippen molar-refractivity contribution in [3.63, 3.8) is 0 Å². The van der Waals surface area contributed by atoms with Gasteiger partial charge in [0.05, 0.1) is 30.5 Å². The Hall–Kier alpha value is -3.57. The van der Waals surface area contributed by atoms with Crippen LogP contribution in [0.1, 0.15) is 117 Å². The Labute approximate surface area is 379 Å². The number of pyridine rings is 1. The molecule has 1 aromatic rings. The second-order valence-electron chi connectivity index (χ2n) is 19.2. The quantitative estimate of drug-likeness (QED) is 0.101. The minimum atomic E-state index is -2.54. The Morgan fingerprint density at radius 2 is 1.64 bits per heavy atom. The van der Waals surface area contributed by atoms with Crippen molar-refractivity contribution in [3.8, 4) is 0 Å². The highest BCUT2D eigenvalue weighted by molar-refractivity contribution is 6.39. The van der Waals surface area contributed by atoms with Gasteiger partial charge in [0.25, 0.3) is 11.7 Å². The van der Waals surface area contributed by atoms with Crippen molar-refractivity contribution in [2.45, 2.75) is 173 Å². The number of hydrogen-bond acceptors (Lipinski definition) is 13. The average Bonchev–Trinajstić information content (AvgIpc) is 3.27. The van der Waals surface area contributed by atoms with Crippen LogP contribution in [-0.4, -0.2) is 126 Å². The highest BCUT2D eigenvalue weighted by atomic mass is 16.7. The maximum Gasteiger partial charge on any atom is 0.329 e. The number of carbonyl (C=O) groups is 4. The second kappa shape index (κ2) is 23.2. The van der Waals surface area contributed by atoms with Crippen molar-refractivity contribution < 1.29 is 62.9 Å². The minimum Gasteiger partial charge on any atom is -0.619 e. The van der Waals surface area contributed by atoms with E-state index in [1.807, 2.05) is 26.0 Å². The number of allylic oxidation sites excluding steroid dienone is 3. The van der Waals surface area contributed by atoms with E-state index in [4.69, 9.17) is 23.7 Å². The van der Waals surface area contributed by atoms with Gasteiger partial charge in [0.15, 0.2) is 11.9 Å². The number of Topliss-reactive ketones (excluding diaryl/α,β-unsaturated/α-hetero) is 2. The van der Waals surface area contributed by atoms with Crippen LogP contribution >= 0.6 is 0 Å². The third-order valence-corrected chi connectivity index (χ3v) is 14.3. The fraction of sp³-hybridized carbons (Fsp3) is 0.735. The van der Waals surface area contributed by atoms with Crippen LogP contribution in [-0.2, 0) is 49.3 Å². The molecule has 0 unspecified atom stereocenters. The first-order valence-corrected chi connectivity index (χ1v) is 23.4. The average molecular weight is 899 g/mol. The number of amides is 1. The third kappa shape index (κ3) is 12.4. The van der Waals surface area contributed by atoms with E-state index in [1.54, 1.807) is 46.1 Å². The predicted octanol–water partition coefficient (Wildman–Crippen LogP) is 4.72. The number of cyclic esters (lactones) is 1. The predicted molar refractivity (Wildman–Crippen MR) is 236 cm³/mol. The van der Waals surface area contributed by atoms with Gasteiger partial charge in [-0.3, -0.25) is 14.4 Å². The minimum absolute atomic E-state index is 0.0364. The molecule has 3 N–H and O–H groups in total. The number of piperidine rings is 1. The number of fused-ring (bicyclic) bond motifs is 3. The summed E-state index contributed by atoms with van der Waals surface area (Å²) in [5.41, 5.74) is 2.15. The number of aromatic nitrogens is 1. The number of ether oxygens (including phenoxy) is 5. The van der Waals surface area contributed by atoms with Crippen molar-refractivity contribution in [2.24, 2.45) is 29.6 Å². The smallest absolute Gasteiger partial charge is 0.329 e. The number of ketones is 2. The molecule has 4 heterocycles. The summed E-state index contributed by atoms with van der Waals surface area (Å²) in [6, 6.07) is 4.06. The Kier molecular flexibility index (Phi) is 18.7. The lowest BCUT2D eigenvalue weighted by molar-refractivity contribution is -0.614. The first kappa shape index (κ1) is 51.4. The van der Waals surface area contributed by atoms with Gasteiger partial charge in [0, 0.05) is 70.6 Å². The maximum atomic E-state index is 14.5. The molecule has 0 aromatic carbocycles. The molecular formula is C49H74N2O13. The fourth-order valence-corrected chi connectivity index (χ4v) is 10.5. The molecule has 1 aliphatic carbocycles. The van der Waals surface area contributed by atoms with E-state index in [-0.39, 0.29) is 49.5 Å². The molecule has 15 heteroatoms. The standard InChI is InChI=1S/C49H74N2O13/c1-29-22-30(2)24-42(61-7)45-43(62-8)26-32(4)49(58,64-45)46(55)47(56)50-20-11-10-17-37(50)48(57)63-44(31(3)25-34-18-19-38(52)41(27-34)60-6)33(5)39(53)28-40(54)35(23-29)14-13-16-36-15-9-12-21-51(36)59/h9,12,15,21,23,25,30,32-35,37-39,41-45,52-53,58H,10-11,13-14,16-20,22,24,26-28H2,1-8H3/b29-23-,31-25+/t30-,32+,33+,34-,35+,37-,38+,39-,41+,42-,43-,44+,45+,49+/m0/s1. The molecular weight excluding hydrogens is 825 g/mol. The molecule has 64 heavy (non-hydrogen) atoms. The molecule has 0 spiro atoms. The fourth-order valence-electron chi connectivity index (χ4n) is 10.5. The maximum absolute atomic E-state index is 14.5. The van der Waals surface area contributed by atoms with Crippen molar-refractivity contribution in [1.82, 2.24) is 4.90 Å². The Balaban J connectivity index is 1.54. The molecule has 358 valence electrons. The van der Waals surface area contributed by atoms with Gasteiger partial charge in [-0.25, -0.2) is 4.79 Å². The molecule has 1 aromatic heterocycles. The van der Waals surface area contributed by atoms with Crippen LogP contribution in [0.5, 0.6) is 0 Å². The van der Waals surface area contributed by atoms with Gasteiger partial charge in [-0.2, -0.15) is 4.73 Å². The van der Waals surface area contributed by atoms with Crippen molar-refractivity contribution in [3.05, 3.63) is 58.6 Å². The highest BCUT2D eigenvalue weighted by Crippen LogP contribution is 2.39. The molecule has 14 atom stereocenters. The van der Waals surface area contributed by atoms with Gasteiger partial charge < -0.3 is 49.1 Å². The number of carbonyl (C=O) groups excluding carboxylic acids is 4. The second-order valence-corrected chi connectivity index (χ2v) is 19.2. The number of hydrogen-bond donors (Lipinski definition) is 3. The number of esters is 1. The van der Waals surface area contributed by atoms with E-state index >= 15 is 0 Å². The summed E-state index contributed by atoms with van der Waals surface area (Å²) in [5, 5.41) is 47.0. The SMILES string of the molecule is CO[C@H]1C[C@@H](C)C/C(C)=C\[C@@H](CCCc2cccc[n+]2[O-])C(=O)C[C@H](O)[C@@H](C)[C@@H](/C(C)=C/[C@@H]2CC[C@@H](O)[C@H](OC)C2)OC(=O)[C@@H]2CCCCN2C(=O)C(=O)[C@]2(O)O[C@H]1[C@@H](OC)C[C@H]2C. The highest BCUT2D eigenvalue weighted by Gasteiger charge is 2.56. The van der Waals surface area contributed by atoms with Crippen LogP contribution in [0.25, 0.3) is 0 Å². The monoisotopic (exact) mass is 899 g/mol. The van der Waals surface area contributed by atoms with E-state index in [1.165, 1.54) is 25.3 Å². The van der Waals surface area contributed by atoms with Crippen molar-refractivity contribution in [2.75, 3.05) is 27.9 Å². The summed E-state index contributed by atoms with van der Waals surface area (Å²) in [4.78, 5) is 58.7. The lowest BCUT2D eigenvalue weighted by Crippen LogP contribution is -2.64. The first-order valence-electron chi connectivity index (χ1n) is 23.4. The molecule has 2 saturated heterocycles. The molecule has 15 nitrogen and oxygen atoms in total. The van der Waals surface area contributed by atoms with Crippen LogP contribution in [0.3, 0.4) is 0 Å². The zero-order valence-electron chi connectivity index (χ0n) is 39.2. The molecule has 1 saturated carbocycles. The lowest BCUT2D eigenvalue weighted by atomic mass is 9.81. The summed E-state index contributed by atoms with van der Waals surface area (Å²) in [7, 11) is 4.60. The Morgan fingerprint density at radius 1 is 0.938 bits per heavy atom. The molecule has 0 radical (unpaired) electrons. The Bertz CT molecular complexity index is 1820. The van der Waals surface area contributed by atoms with Crippen LogP contribution in [0.15, 0.2) is 47.7 Å². The largest absolute Gasteiger partial charge is 0.619 e. The van der Waals surface area contributed by atoms with E-state index < -0.39 is 83.9 Å². The van der Waals surface area contributed by atoms with Gasteiger partial charge in [-0.15, -0.1) is 0 Å². The normalized spacial score (nSPS) is 37.8.